The van der Waals surface area contributed by atoms with Gasteiger partial charge < -0.3 is 9.15 Å². The van der Waals surface area contributed by atoms with Crippen molar-refractivity contribution < 1.29 is 18.9 Å². The number of carbonyl (C=O) groups excluding carboxylic acids is 1. The lowest BCUT2D eigenvalue weighted by Gasteiger charge is -2.01. The van der Waals surface area contributed by atoms with Gasteiger partial charge in [0, 0.05) is 17.0 Å². The third kappa shape index (κ3) is 3.69. The molecule has 0 N–H and O–H groups in total. The predicted octanol–water partition coefficient (Wildman–Crippen LogP) is 3.97. The minimum absolute atomic E-state index is 0.00213. The van der Waals surface area contributed by atoms with Gasteiger partial charge in [0.15, 0.2) is 0 Å². The van der Waals surface area contributed by atoms with E-state index in [2.05, 4.69) is 4.98 Å². The Morgan fingerprint density at radius 1 is 1.46 bits per heavy atom. The van der Waals surface area contributed by atoms with Gasteiger partial charge in [0.1, 0.15) is 12.4 Å². The maximum atomic E-state index is 11.9. The van der Waals surface area contributed by atoms with E-state index in [4.69, 9.17) is 9.15 Å². The lowest BCUT2D eigenvalue weighted by atomic mass is 10.3. The monoisotopic (exact) mass is 364 g/mol. The highest BCUT2D eigenvalue weighted by atomic mass is 32.1. The standard InChI is InChI=1S/C15H12N2O5S2/c1-9-11(16-15(22-9)12-3-2-4-23-12)6-14(18)21-7-10-5-13(17(19)20)24-8-10/h2-5,8H,6-7H2,1H3. The molecule has 3 heterocycles. The highest BCUT2D eigenvalue weighted by Crippen LogP contribution is 2.26. The zero-order valence-electron chi connectivity index (χ0n) is 12.6. The second-order valence-corrected chi connectivity index (χ2v) is 6.72. The van der Waals surface area contributed by atoms with Crippen LogP contribution in [0.25, 0.3) is 10.8 Å². The van der Waals surface area contributed by atoms with Gasteiger partial charge in [0.2, 0.25) is 5.89 Å². The smallest absolute Gasteiger partial charge is 0.324 e. The molecular weight excluding hydrogens is 352 g/mol. The summed E-state index contributed by atoms with van der Waals surface area (Å²) in [6.07, 6.45) is -0.00700. The van der Waals surface area contributed by atoms with Crippen LogP contribution in [0.3, 0.4) is 0 Å². The average molecular weight is 364 g/mol. The molecule has 0 saturated carbocycles. The van der Waals surface area contributed by atoms with Crippen molar-refractivity contribution in [2.75, 3.05) is 0 Å². The van der Waals surface area contributed by atoms with Crippen molar-refractivity contribution in [2.45, 2.75) is 20.0 Å². The first kappa shape index (κ1) is 16.3. The summed E-state index contributed by atoms with van der Waals surface area (Å²) in [4.78, 5) is 27.3. The van der Waals surface area contributed by atoms with Gasteiger partial charge in [-0.25, -0.2) is 4.98 Å². The molecule has 0 radical (unpaired) electrons. The van der Waals surface area contributed by atoms with Gasteiger partial charge in [-0.2, -0.15) is 0 Å². The molecule has 3 aromatic rings. The van der Waals surface area contributed by atoms with E-state index in [9.17, 15) is 14.9 Å². The molecule has 0 amide bonds. The van der Waals surface area contributed by atoms with Gasteiger partial charge in [-0.3, -0.25) is 14.9 Å². The van der Waals surface area contributed by atoms with E-state index in [1.807, 2.05) is 17.5 Å². The molecule has 0 aliphatic rings. The molecule has 0 aliphatic carbocycles. The van der Waals surface area contributed by atoms with Crippen LogP contribution >= 0.6 is 22.7 Å². The predicted molar refractivity (Wildman–Crippen MR) is 89.0 cm³/mol. The SMILES string of the molecule is Cc1oc(-c2cccs2)nc1CC(=O)OCc1csc([N+](=O)[O-])c1. The Bertz CT molecular complexity index is 866. The lowest BCUT2D eigenvalue weighted by molar-refractivity contribution is -0.380. The van der Waals surface area contributed by atoms with E-state index in [1.165, 1.54) is 17.4 Å². The zero-order chi connectivity index (χ0) is 17.1. The van der Waals surface area contributed by atoms with E-state index < -0.39 is 10.9 Å². The average Bonchev–Trinajstić information content (AvgIpc) is 3.26. The number of esters is 1. The van der Waals surface area contributed by atoms with Crippen LogP contribution in [0.2, 0.25) is 0 Å². The third-order valence-electron chi connectivity index (χ3n) is 3.16. The van der Waals surface area contributed by atoms with Gasteiger partial charge >= 0.3 is 11.0 Å². The fraction of sp³-hybridized carbons (Fsp3) is 0.200. The third-order valence-corrected chi connectivity index (χ3v) is 4.94. The summed E-state index contributed by atoms with van der Waals surface area (Å²) in [5, 5.41) is 14.2. The number of oxazole rings is 1. The molecular formula is C15H12N2O5S2. The van der Waals surface area contributed by atoms with Gasteiger partial charge in [0.25, 0.3) is 0 Å². The van der Waals surface area contributed by atoms with Gasteiger partial charge in [-0.05, 0) is 18.4 Å². The summed E-state index contributed by atoms with van der Waals surface area (Å²) in [6, 6.07) is 5.18. The van der Waals surface area contributed by atoms with Crippen molar-refractivity contribution in [1.82, 2.24) is 4.98 Å². The molecule has 0 spiro atoms. The van der Waals surface area contributed by atoms with Crippen LogP contribution in [0.15, 0.2) is 33.4 Å². The van der Waals surface area contributed by atoms with Crippen molar-refractivity contribution >= 4 is 33.6 Å². The molecule has 124 valence electrons. The van der Waals surface area contributed by atoms with E-state index in [1.54, 1.807) is 12.3 Å². The summed E-state index contributed by atoms with van der Waals surface area (Å²) >= 11 is 2.50. The zero-order valence-corrected chi connectivity index (χ0v) is 14.2. The Kier molecular flexibility index (Phi) is 4.72. The lowest BCUT2D eigenvalue weighted by Crippen LogP contribution is -2.08. The summed E-state index contributed by atoms with van der Waals surface area (Å²) in [7, 11) is 0. The molecule has 0 aromatic carbocycles. The fourth-order valence-corrected chi connectivity index (χ4v) is 3.35. The Hall–Kier alpha value is -2.52. The Morgan fingerprint density at radius 2 is 2.29 bits per heavy atom. The van der Waals surface area contributed by atoms with Crippen molar-refractivity contribution in [1.29, 1.82) is 0 Å². The summed E-state index contributed by atoms with van der Waals surface area (Å²) in [5.74, 6) is 0.596. The largest absolute Gasteiger partial charge is 0.460 e. The number of nitro groups is 1. The quantitative estimate of drug-likeness (QED) is 0.373. The van der Waals surface area contributed by atoms with Crippen molar-refractivity contribution in [2.24, 2.45) is 0 Å². The topological polar surface area (TPSA) is 95.5 Å². The van der Waals surface area contributed by atoms with Crippen LogP contribution in [0.5, 0.6) is 0 Å². The number of nitrogens with zero attached hydrogens (tertiary/aromatic N) is 2. The Balaban J connectivity index is 1.59. The first-order chi connectivity index (χ1) is 11.5. The Morgan fingerprint density at radius 3 is 2.96 bits per heavy atom. The first-order valence-electron chi connectivity index (χ1n) is 6.90. The molecule has 0 aliphatic heterocycles. The molecule has 0 atom stereocenters. The van der Waals surface area contributed by atoms with E-state index in [0.29, 0.717) is 22.9 Å². The van der Waals surface area contributed by atoms with E-state index >= 15 is 0 Å². The normalized spacial score (nSPS) is 10.7. The summed E-state index contributed by atoms with van der Waals surface area (Å²) in [6.45, 7) is 1.74. The molecule has 0 fully saturated rings. The molecule has 3 aromatic heterocycles. The number of hydrogen-bond donors (Lipinski definition) is 0. The second-order valence-electron chi connectivity index (χ2n) is 4.89. The first-order valence-corrected chi connectivity index (χ1v) is 8.66. The van der Waals surface area contributed by atoms with Crippen LogP contribution < -0.4 is 0 Å². The molecule has 24 heavy (non-hydrogen) atoms. The van der Waals surface area contributed by atoms with E-state index in [-0.39, 0.29) is 18.0 Å². The van der Waals surface area contributed by atoms with Crippen LogP contribution in [-0.4, -0.2) is 15.9 Å². The molecule has 3 rings (SSSR count). The van der Waals surface area contributed by atoms with Crippen molar-refractivity contribution in [3.05, 3.63) is 56.1 Å². The van der Waals surface area contributed by atoms with Crippen molar-refractivity contribution in [3.8, 4) is 10.8 Å². The molecule has 9 heteroatoms. The van der Waals surface area contributed by atoms with Crippen molar-refractivity contribution in [3.63, 3.8) is 0 Å². The maximum Gasteiger partial charge on any atom is 0.324 e. The van der Waals surface area contributed by atoms with Crippen LogP contribution in [0, 0.1) is 17.0 Å². The fourth-order valence-electron chi connectivity index (χ4n) is 1.98. The number of ether oxygens (including phenoxy) is 1. The number of rotatable bonds is 6. The minimum atomic E-state index is -0.471. The highest BCUT2D eigenvalue weighted by Gasteiger charge is 2.17. The molecule has 0 unspecified atom stereocenters. The number of hydrogen-bond acceptors (Lipinski definition) is 8. The number of aryl methyl sites for hydroxylation is 1. The van der Waals surface area contributed by atoms with Crippen LogP contribution in [0.1, 0.15) is 17.0 Å². The second kappa shape index (κ2) is 6.93. The maximum absolute atomic E-state index is 11.9. The molecule has 0 bridgehead atoms. The van der Waals surface area contributed by atoms with Gasteiger partial charge in [-0.1, -0.05) is 17.4 Å². The summed E-state index contributed by atoms with van der Waals surface area (Å²) in [5.41, 5.74) is 1.12. The van der Waals surface area contributed by atoms with Gasteiger partial charge in [0.05, 0.1) is 21.9 Å². The number of thiophene rings is 2. The van der Waals surface area contributed by atoms with Crippen LogP contribution in [0.4, 0.5) is 5.00 Å². The van der Waals surface area contributed by atoms with Gasteiger partial charge in [-0.15, -0.1) is 11.3 Å². The van der Waals surface area contributed by atoms with Crippen LogP contribution in [-0.2, 0) is 22.6 Å². The summed E-state index contributed by atoms with van der Waals surface area (Å²) < 4.78 is 10.7. The minimum Gasteiger partial charge on any atom is -0.460 e. The highest BCUT2D eigenvalue weighted by molar-refractivity contribution is 7.13. The molecule has 0 saturated heterocycles. The Labute approximate surface area is 144 Å². The molecule has 7 nitrogen and oxygen atoms in total. The number of carbonyl (C=O) groups is 1. The number of aromatic nitrogens is 1. The van der Waals surface area contributed by atoms with E-state index in [0.717, 1.165) is 16.2 Å².